The Bertz CT molecular complexity index is 705. The van der Waals surface area contributed by atoms with Crippen molar-refractivity contribution in [1.29, 1.82) is 0 Å². The van der Waals surface area contributed by atoms with Crippen molar-refractivity contribution in [2.24, 2.45) is 0 Å². The first-order valence-corrected chi connectivity index (χ1v) is 7.64. The molecule has 7 heteroatoms. The van der Waals surface area contributed by atoms with E-state index in [0.717, 1.165) is 10.5 Å². The molecule has 0 amide bonds. The highest BCUT2D eigenvalue weighted by atomic mass is 79.9. The van der Waals surface area contributed by atoms with Crippen LogP contribution in [0.3, 0.4) is 0 Å². The molecule has 0 bridgehead atoms. The Labute approximate surface area is 133 Å². The van der Waals surface area contributed by atoms with Gasteiger partial charge in [0.1, 0.15) is 0 Å². The van der Waals surface area contributed by atoms with Gasteiger partial charge in [-0.2, -0.15) is 0 Å². The number of carboxylic acids is 1. The van der Waals surface area contributed by atoms with Gasteiger partial charge in [-0.05, 0) is 39.7 Å². The normalized spacial score (nSPS) is 10.3. The first kappa shape index (κ1) is 15.5. The zero-order valence-electron chi connectivity index (χ0n) is 10.7. The van der Waals surface area contributed by atoms with Crippen molar-refractivity contribution in [2.45, 2.75) is 10.6 Å². The minimum absolute atomic E-state index is 0.0510. The highest BCUT2D eigenvalue weighted by Crippen LogP contribution is 2.28. The number of rotatable bonds is 5. The fourth-order valence-electron chi connectivity index (χ4n) is 1.68. The summed E-state index contributed by atoms with van der Waals surface area (Å²) in [5, 5.41) is 19.8. The molecule has 0 saturated heterocycles. The number of non-ortho nitro benzene ring substituents is 1. The van der Waals surface area contributed by atoms with E-state index in [0.29, 0.717) is 10.2 Å². The van der Waals surface area contributed by atoms with Crippen molar-refractivity contribution in [1.82, 2.24) is 0 Å². The van der Waals surface area contributed by atoms with Crippen LogP contribution in [0.25, 0.3) is 0 Å². The number of aromatic carboxylic acids is 1. The van der Waals surface area contributed by atoms with Gasteiger partial charge in [0.25, 0.3) is 5.69 Å². The number of hydrogen-bond donors (Lipinski definition) is 1. The van der Waals surface area contributed by atoms with E-state index in [1.54, 1.807) is 30.3 Å². The molecule has 2 aromatic carbocycles. The lowest BCUT2D eigenvalue weighted by atomic mass is 10.2. The van der Waals surface area contributed by atoms with Gasteiger partial charge in [-0.15, -0.1) is 11.8 Å². The van der Waals surface area contributed by atoms with Gasteiger partial charge in [0.2, 0.25) is 0 Å². The summed E-state index contributed by atoms with van der Waals surface area (Å²) in [6, 6.07) is 11.5. The molecule has 5 nitrogen and oxygen atoms in total. The average molecular weight is 368 g/mol. The van der Waals surface area contributed by atoms with Gasteiger partial charge in [0.05, 0.1) is 10.5 Å². The summed E-state index contributed by atoms with van der Waals surface area (Å²) in [6.45, 7) is 0. The Balaban J connectivity index is 2.13. The molecule has 0 atom stereocenters. The molecule has 0 aliphatic heterocycles. The maximum absolute atomic E-state index is 11.1. The number of thioether (sulfide) groups is 1. The van der Waals surface area contributed by atoms with Crippen LogP contribution in [0.2, 0.25) is 0 Å². The molecule has 0 saturated carbocycles. The molecule has 0 heterocycles. The standard InChI is InChI=1S/C14H10BrNO4S/c15-13-5-4-11(7-12(13)14(17)18)21-8-9-2-1-3-10(6-9)16(19)20/h1-7H,8H2,(H,17,18). The van der Waals surface area contributed by atoms with E-state index >= 15 is 0 Å². The third kappa shape index (κ3) is 4.05. The number of halogens is 1. The van der Waals surface area contributed by atoms with Crippen LogP contribution in [-0.2, 0) is 5.75 Å². The van der Waals surface area contributed by atoms with Crippen LogP contribution in [0.4, 0.5) is 5.69 Å². The zero-order chi connectivity index (χ0) is 15.4. The predicted octanol–water partition coefficient (Wildman–Crippen LogP) is 4.35. The lowest BCUT2D eigenvalue weighted by Gasteiger charge is -2.05. The van der Waals surface area contributed by atoms with Crippen LogP contribution < -0.4 is 0 Å². The number of hydrogen-bond acceptors (Lipinski definition) is 4. The average Bonchev–Trinajstić information content (AvgIpc) is 2.46. The largest absolute Gasteiger partial charge is 0.478 e. The number of nitro benzene ring substituents is 1. The van der Waals surface area contributed by atoms with Crippen LogP contribution in [0.5, 0.6) is 0 Å². The van der Waals surface area contributed by atoms with Gasteiger partial charge in [0.15, 0.2) is 0 Å². The van der Waals surface area contributed by atoms with E-state index in [9.17, 15) is 14.9 Å². The van der Waals surface area contributed by atoms with Crippen molar-refractivity contribution >= 4 is 39.3 Å². The Morgan fingerprint density at radius 1 is 1.29 bits per heavy atom. The molecule has 0 unspecified atom stereocenters. The quantitative estimate of drug-likeness (QED) is 0.482. The molecule has 1 N–H and O–H groups in total. The summed E-state index contributed by atoms with van der Waals surface area (Å²) in [7, 11) is 0. The third-order valence-corrected chi connectivity index (χ3v) is 4.45. The van der Waals surface area contributed by atoms with Gasteiger partial charge < -0.3 is 5.11 Å². The molecule has 0 aromatic heterocycles. The van der Waals surface area contributed by atoms with Gasteiger partial charge in [0, 0.05) is 27.3 Å². The van der Waals surface area contributed by atoms with Crippen LogP contribution >= 0.6 is 27.7 Å². The van der Waals surface area contributed by atoms with Crippen LogP contribution in [0, 0.1) is 10.1 Å². The number of benzene rings is 2. The molecule has 2 aromatic rings. The molecule has 2 rings (SSSR count). The van der Waals surface area contributed by atoms with E-state index in [2.05, 4.69) is 15.9 Å². The molecular weight excluding hydrogens is 358 g/mol. The highest BCUT2D eigenvalue weighted by Gasteiger charge is 2.10. The lowest BCUT2D eigenvalue weighted by Crippen LogP contribution is -1.97. The van der Waals surface area contributed by atoms with Gasteiger partial charge in [-0.1, -0.05) is 12.1 Å². The second-order valence-corrected chi connectivity index (χ2v) is 6.07. The van der Waals surface area contributed by atoms with Crippen molar-refractivity contribution in [3.05, 3.63) is 68.2 Å². The van der Waals surface area contributed by atoms with E-state index in [-0.39, 0.29) is 11.3 Å². The molecule has 0 spiro atoms. The summed E-state index contributed by atoms with van der Waals surface area (Å²) in [4.78, 5) is 22.1. The van der Waals surface area contributed by atoms with Crippen molar-refractivity contribution in [3.63, 3.8) is 0 Å². The topological polar surface area (TPSA) is 80.4 Å². The highest BCUT2D eigenvalue weighted by molar-refractivity contribution is 9.10. The first-order valence-electron chi connectivity index (χ1n) is 5.86. The monoisotopic (exact) mass is 367 g/mol. The lowest BCUT2D eigenvalue weighted by molar-refractivity contribution is -0.384. The van der Waals surface area contributed by atoms with E-state index < -0.39 is 10.9 Å². The minimum Gasteiger partial charge on any atom is -0.478 e. The van der Waals surface area contributed by atoms with Crippen molar-refractivity contribution < 1.29 is 14.8 Å². The van der Waals surface area contributed by atoms with E-state index in [1.807, 2.05) is 0 Å². The van der Waals surface area contributed by atoms with Crippen LogP contribution in [0.1, 0.15) is 15.9 Å². The maximum Gasteiger partial charge on any atom is 0.336 e. The van der Waals surface area contributed by atoms with E-state index in [4.69, 9.17) is 5.11 Å². The number of nitrogens with zero attached hydrogens (tertiary/aromatic N) is 1. The molecule has 21 heavy (non-hydrogen) atoms. The van der Waals surface area contributed by atoms with Crippen LogP contribution in [-0.4, -0.2) is 16.0 Å². The molecule has 108 valence electrons. The second-order valence-electron chi connectivity index (χ2n) is 4.16. The summed E-state index contributed by atoms with van der Waals surface area (Å²) in [5.74, 6) is -0.470. The van der Waals surface area contributed by atoms with E-state index in [1.165, 1.54) is 23.9 Å². The summed E-state index contributed by atoms with van der Waals surface area (Å²) in [5.41, 5.74) is 1.06. The summed E-state index contributed by atoms with van der Waals surface area (Å²) < 4.78 is 0.523. The third-order valence-electron chi connectivity index (χ3n) is 2.70. The predicted molar refractivity (Wildman–Crippen MR) is 83.8 cm³/mol. The summed E-state index contributed by atoms with van der Waals surface area (Å²) in [6.07, 6.45) is 0. The Hall–Kier alpha value is -1.86. The van der Waals surface area contributed by atoms with Gasteiger partial charge >= 0.3 is 5.97 Å². The SMILES string of the molecule is O=C(O)c1cc(SCc2cccc([N+](=O)[O-])c2)ccc1Br. The minimum atomic E-state index is -1.00. The number of nitro groups is 1. The molecule has 0 radical (unpaired) electrons. The second kappa shape index (κ2) is 6.73. The van der Waals surface area contributed by atoms with Crippen molar-refractivity contribution in [3.8, 4) is 0 Å². The number of carboxylic acid groups (broad SMARTS) is 1. The fraction of sp³-hybridized carbons (Fsp3) is 0.0714. The fourth-order valence-corrected chi connectivity index (χ4v) is 2.98. The Morgan fingerprint density at radius 3 is 2.71 bits per heavy atom. The smallest absolute Gasteiger partial charge is 0.336 e. The van der Waals surface area contributed by atoms with Crippen molar-refractivity contribution in [2.75, 3.05) is 0 Å². The molecular formula is C14H10BrNO4S. The van der Waals surface area contributed by atoms with Gasteiger partial charge in [-0.25, -0.2) is 4.79 Å². The summed E-state index contributed by atoms with van der Waals surface area (Å²) >= 11 is 4.61. The first-order chi connectivity index (χ1) is 9.97. The number of carbonyl (C=O) groups is 1. The molecule has 0 aliphatic rings. The Morgan fingerprint density at radius 2 is 2.05 bits per heavy atom. The molecule has 0 fully saturated rings. The zero-order valence-corrected chi connectivity index (χ0v) is 13.1. The van der Waals surface area contributed by atoms with Crippen LogP contribution in [0.15, 0.2) is 51.8 Å². The van der Waals surface area contributed by atoms with Gasteiger partial charge in [-0.3, -0.25) is 10.1 Å². The molecule has 0 aliphatic carbocycles. The maximum atomic E-state index is 11.1. The Kier molecular flexibility index (Phi) is 4.98.